The van der Waals surface area contributed by atoms with Gasteiger partial charge < -0.3 is 15.7 Å². The zero-order valence-corrected chi connectivity index (χ0v) is 13.0. The first-order valence-electron chi connectivity index (χ1n) is 7.34. The van der Waals surface area contributed by atoms with Gasteiger partial charge in [0, 0.05) is 11.8 Å². The van der Waals surface area contributed by atoms with Crippen LogP contribution in [0.2, 0.25) is 0 Å². The normalized spacial score (nSPS) is 9.88. The van der Waals surface area contributed by atoms with Gasteiger partial charge in [0.05, 0.1) is 16.8 Å². The Balaban J connectivity index is 1.81. The summed E-state index contributed by atoms with van der Waals surface area (Å²) in [5.41, 5.74) is 1.93. The molecule has 0 saturated heterocycles. The summed E-state index contributed by atoms with van der Waals surface area (Å²) < 4.78 is 0. The fraction of sp³-hybridized carbons (Fsp3) is 0. The maximum Gasteiger partial charge on any atom is 0.335 e. The topological polar surface area (TPSA) is 111 Å². The maximum absolute atomic E-state index is 11.0. The summed E-state index contributed by atoms with van der Waals surface area (Å²) >= 11 is 0. The molecule has 1 heterocycles. The summed E-state index contributed by atoms with van der Waals surface area (Å²) in [6.45, 7) is 0. The van der Waals surface area contributed by atoms with Crippen LogP contribution >= 0.6 is 0 Å². The van der Waals surface area contributed by atoms with Gasteiger partial charge in [-0.3, -0.25) is 0 Å². The number of anilines is 4. The van der Waals surface area contributed by atoms with E-state index in [1.165, 1.54) is 18.5 Å². The van der Waals surface area contributed by atoms with Crippen LogP contribution in [-0.4, -0.2) is 21.0 Å². The van der Waals surface area contributed by atoms with Crippen LogP contribution in [0.25, 0.3) is 0 Å². The molecule has 0 unspecified atom stereocenters. The number of benzene rings is 2. The first kappa shape index (κ1) is 16.0. The summed E-state index contributed by atoms with van der Waals surface area (Å²) in [6, 6.07) is 17.3. The van der Waals surface area contributed by atoms with Gasteiger partial charge in [-0.2, -0.15) is 5.26 Å². The SMILES string of the molecule is N#Cc1ccccc1Nc1cc(Nc2cccc(C(=O)O)c2)ncn1. The Morgan fingerprint density at radius 3 is 2.52 bits per heavy atom. The second kappa shape index (κ2) is 7.10. The highest BCUT2D eigenvalue weighted by Gasteiger charge is 2.06. The number of carboxylic acids is 1. The number of nitrogens with one attached hydrogen (secondary N) is 2. The number of nitriles is 1. The molecule has 0 spiro atoms. The van der Waals surface area contributed by atoms with Gasteiger partial charge in [-0.25, -0.2) is 14.8 Å². The minimum atomic E-state index is -0.998. The molecule has 0 bridgehead atoms. The van der Waals surface area contributed by atoms with E-state index in [1.807, 2.05) is 6.07 Å². The molecule has 0 fully saturated rings. The Bertz CT molecular complexity index is 965. The lowest BCUT2D eigenvalue weighted by Gasteiger charge is -2.10. The number of carboxylic acid groups (broad SMARTS) is 1. The van der Waals surface area contributed by atoms with Gasteiger partial charge in [0.15, 0.2) is 0 Å². The number of hydrogen-bond acceptors (Lipinski definition) is 6. The minimum Gasteiger partial charge on any atom is -0.478 e. The van der Waals surface area contributed by atoms with Gasteiger partial charge in [-0.05, 0) is 30.3 Å². The van der Waals surface area contributed by atoms with E-state index in [2.05, 4.69) is 26.7 Å². The molecule has 0 atom stereocenters. The van der Waals surface area contributed by atoms with Crippen molar-refractivity contribution >= 4 is 29.0 Å². The van der Waals surface area contributed by atoms with Crippen molar-refractivity contribution in [3.63, 3.8) is 0 Å². The van der Waals surface area contributed by atoms with E-state index in [9.17, 15) is 4.79 Å². The Labute approximate surface area is 143 Å². The highest BCUT2D eigenvalue weighted by atomic mass is 16.4. The molecule has 25 heavy (non-hydrogen) atoms. The smallest absolute Gasteiger partial charge is 0.335 e. The van der Waals surface area contributed by atoms with Crippen molar-refractivity contribution < 1.29 is 9.90 Å². The van der Waals surface area contributed by atoms with E-state index in [0.29, 0.717) is 28.6 Å². The van der Waals surface area contributed by atoms with E-state index < -0.39 is 5.97 Å². The van der Waals surface area contributed by atoms with Crippen LogP contribution in [0.4, 0.5) is 23.0 Å². The third-order valence-electron chi connectivity index (χ3n) is 3.36. The van der Waals surface area contributed by atoms with Gasteiger partial charge in [-0.1, -0.05) is 18.2 Å². The highest BCUT2D eigenvalue weighted by molar-refractivity contribution is 5.89. The van der Waals surface area contributed by atoms with Crippen LogP contribution < -0.4 is 10.6 Å². The molecule has 122 valence electrons. The Morgan fingerprint density at radius 2 is 1.76 bits per heavy atom. The van der Waals surface area contributed by atoms with Gasteiger partial charge in [0.1, 0.15) is 24.0 Å². The summed E-state index contributed by atoms with van der Waals surface area (Å²) in [6.07, 6.45) is 1.38. The van der Waals surface area contributed by atoms with Gasteiger partial charge in [0.2, 0.25) is 0 Å². The quantitative estimate of drug-likeness (QED) is 0.655. The molecule has 0 saturated carbocycles. The first-order chi connectivity index (χ1) is 12.2. The van der Waals surface area contributed by atoms with Crippen molar-refractivity contribution in [2.75, 3.05) is 10.6 Å². The number of rotatable bonds is 5. The second-order valence-corrected chi connectivity index (χ2v) is 5.08. The van der Waals surface area contributed by atoms with Crippen molar-refractivity contribution in [2.45, 2.75) is 0 Å². The lowest BCUT2D eigenvalue weighted by atomic mass is 10.2. The molecule has 0 aliphatic heterocycles. The number of aromatic carboxylic acids is 1. The third-order valence-corrected chi connectivity index (χ3v) is 3.36. The average Bonchev–Trinajstić information content (AvgIpc) is 2.63. The largest absolute Gasteiger partial charge is 0.478 e. The van der Waals surface area contributed by atoms with Crippen LogP contribution in [0.3, 0.4) is 0 Å². The molecule has 2 aromatic carbocycles. The Morgan fingerprint density at radius 1 is 1.00 bits per heavy atom. The molecular weight excluding hydrogens is 318 g/mol. The molecule has 0 aliphatic carbocycles. The van der Waals surface area contributed by atoms with Crippen molar-refractivity contribution in [1.82, 2.24) is 9.97 Å². The van der Waals surface area contributed by atoms with Crippen LogP contribution in [0.15, 0.2) is 60.9 Å². The van der Waals surface area contributed by atoms with Crippen molar-refractivity contribution in [3.8, 4) is 6.07 Å². The molecule has 3 rings (SSSR count). The third kappa shape index (κ3) is 3.89. The lowest BCUT2D eigenvalue weighted by molar-refractivity contribution is 0.0697. The molecule has 3 aromatic rings. The Hall–Kier alpha value is -3.92. The maximum atomic E-state index is 11.0. The highest BCUT2D eigenvalue weighted by Crippen LogP contribution is 2.22. The van der Waals surface area contributed by atoms with Crippen molar-refractivity contribution in [1.29, 1.82) is 5.26 Å². The van der Waals surface area contributed by atoms with E-state index in [-0.39, 0.29) is 5.56 Å². The summed E-state index contributed by atoms with van der Waals surface area (Å²) in [5, 5.41) is 24.3. The summed E-state index contributed by atoms with van der Waals surface area (Å²) in [4.78, 5) is 19.3. The van der Waals surface area contributed by atoms with Crippen LogP contribution in [0, 0.1) is 11.3 Å². The molecule has 0 aliphatic rings. The predicted molar refractivity (Wildman–Crippen MR) is 93.2 cm³/mol. The zero-order chi connectivity index (χ0) is 17.6. The second-order valence-electron chi connectivity index (χ2n) is 5.08. The van der Waals surface area contributed by atoms with E-state index in [0.717, 1.165) is 0 Å². The zero-order valence-electron chi connectivity index (χ0n) is 13.0. The number of para-hydroxylation sites is 1. The fourth-order valence-corrected chi connectivity index (χ4v) is 2.20. The predicted octanol–water partition coefficient (Wildman–Crippen LogP) is 3.53. The van der Waals surface area contributed by atoms with Crippen LogP contribution in [0.1, 0.15) is 15.9 Å². The molecule has 0 amide bonds. The fourth-order valence-electron chi connectivity index (χ4n) is 2.20. The number of aromatic nitrogens is 2. The van der Waals surface area contributed by atoms with E-state index in [1.54, 1.807) is 36.4 Å². The number of hydrogen-bond donors (Lipinski definition) is 3. The number of nitrogens with zero attached hydrogens (tertiary/aromatic N) is 3. The Kier molecular flexibility index (Phi) is 4.53. The summed E-state index contributed by atoms with van der Waals surface area (Å²) in [5.74, 6) is 0.00544. The minimum absolute atomic E-state index is 0.181. The molecule has 3 N–H and O–H groups in total. The summed E-state index contributed by atoms with van der Waals surface area (Å²) in [7, 11) is 0. The first-order valence-corrected chi connectivity index (χ1v) is 7.34. The van der Waals surface area contributed by atoms with Gasteiger partial charge in [-0.15, -0.1) is 0 Å². The van der Waals surface area contributed by atoms with E-state index in [4.69, 9.17) is 10.4 Å². The van der Waals surface area contributed by atoms with Crippen LogP contribution in [0.5, 0.6) is 0 Å². The standard InChI is InChI=1S/C18H13N5O2/c19-10-13-4-1-2-7-15(13)23-17-9-16(20-11-21-17)22-14-6-3-5-12(8-14)18(24)25/h1-9,11H,(H,24,25)(H2,20,21,22,23). The number of carbonyl (C=O) groups is 1. The molecule has 1 aromatic heterocycles. The van der Waals surface area contributed by atoms with Crippen molar-refractivity contribution in [2.24, 2.45) is 0 Å². The molecule has 7 heteroatoms. The molecule has 7 nitrogen and oxygen atoms in total. The van der Waals surface area contributed by atoms with E-state index >= 15 is 0 Å². The molecule has 0 radical (unpaired) electrons. The lowest BCUT2D eigenvalue weighted by Crippen LogP contribution is -2.01. The van der Waals surface area contributed by atoms with Crippen LogP contribution in [-0.2, 0) is 0 Å². The van der Waals surface area contributed by atoms with Gasteiger partial charge >= 0.3 is 5.97 Å². The molecular formula is C18H13N5O2. The van der Waals surface area contributed by atoms with Crippen molar-refractivity contribution in [3.05, 3.63) is 72.1 Å². The van der Waals surface area contributed by atoms with Gasteiger partial charge in [0.25, 0.3) is 0 Å². The monoisotopic (exact) mass is 331 g/mol. The average molecular weight is 331 g/mol.